The summed E-state index contributed by atoms with van der Waals surface area (Å²) in [5.41, 5.74) is 0. The summed E-state index contributed by atoms with van der Waals surface area (Å²) in [6.07, 6.45) is 0. The molecule has 0 atom stereocenters. The molecule has 3 heterocycles. The Morgan fingerprint density at radius 1 is 1.58 bits per heavy atom. The van der Waals surface area contributed by atoms with Crippen LogP contribution in [0.5, 0.6) is 0 Å². The van der Waals surface area contributed by atoms with E-state index >= 15 is 0 Å². The van der Waals surface area contributed by atoms with Crippen molar-refractivity contribution in [2.75, 3.05) is 25.5 Å². The summed E-state index contributed by atoms with van der Waals surface area (Å²) < 4.78 is 0. The number of nitrogens with zero attached hydrogens (tertiary/aromatic N) is 3. The van der Waals surface area contributed by atoms with Crippen LogP contribution in [0, 0.1) is 0 Å². The van der Waals surface area contributed by atoms with E-state index in [0.717, 1.165) is 25.5 Å². The van der Waals surface area contributed by atoms with Crippen LogP contribution >= 0.6 is 11.8 Å². The van der Waals surface area contributed by atoms with Crippen molar-refractivity contribution in [3.63, 3.8) is 0 Å². The third kappa shape index (κ3) is 0.804. The fourth-order valence-corrected chi connectivity index (χ4v) is 2.49. The van der Waals surface area contributed by atoms with E-state index in [0.29, 0.717) is 0 Å². The van der Waals surface area contributed by atoms with Crippen molar-refractivity contribution >= 4 is 17.6 Å². The Morgan fingerprint density at radius 3 is 3.58 bits per heavy atom. The molecular weight excluding hydrogens is 172 g/mol. The molecule has 0 bridgehead atoms. The Labute approximate surface area is 75.3 Å². The molecule has 0 radical (unpaired) electrons. The van der Waals surface area contributed by atoms with Gasteiger partial charge < -0.3 is 10.2 Å². The first-order valence-corrected chi connectivity index (χ1v) is 5.15. The van der Waals surface area contributed by atoms with Crippen LogP contribution in [0.1, 0.15) is 0 Å². The molecular formula is C7H10N4S. The lowest BCUT2D eigenvalue weighted by Gasteiger charge is -2.25. The van der Waals surface area contributed by atoms with Gasteiger partial charge in [0.25, 0.3) is 0 Å². The Kier molecular flexibility index (Phi) is 1.36. The highest BCUT2D eigenvalue weighted by Crippen LogP contribution is 2.31. The van der Waals surface area contributed by atoms with E-state index in [1.54, 1.807) is 0 Å². The van der Waals surface area contributed by atoms with Gasteiger partial charge in [0, 0.05) is 18.5 Å². The van der Waals surface area contributed by atoms with Crippen molar-refractivity contribution in [2.45, 2.75) is 0 Å². The lowest BCUT2D eigenvalue weighted by Crippen LogP contribution is -2.45. The lowest BCUT2D eigenvalue weighted by atomic mass is 10.3. The maximum atomic E-state index is 4.50. The maximum absolute atomic E-state index is 4.50. The quantitative estimate of drug-likeness (QED) is 0.572. The molecule has 1 fully saturated rings. The normalized spacial score (nSPS) is 26.7. The van der Waals surface area contributed by atoms with Crippen LogP contribution in [0.15, 0.2) is 16.3 Å². The van der Waals surface area contributed by atoms with Crippen LogP contribution in [0.4, 0.5) is 0 Å². The zero-order valence-electron chi connectivity index (χ0n) is 6.66. The van der Waals surface area contributed by atoms with E-state index in [1.807, 2.05) is 11.8 Å². The third-order valence-corrected chi connectivity index (χ3v) is 3.04. The molecule has 5 heteroatoms. The van der Waals surface area contributed by atoms with Gasteiger partial charge in [-0.1, -0.05) is 0 Å². The Hall–Kier alpha value is -0.680. The van der Waals surface area contributed by atoms with E-state index in [-0.39, 0.29) is 0 Å². The Morgan fingerprint density at radius 2 is 2.58 bits per heavy atom. The highest BCUT2D eigenvalue weighted by Gasteiger charge is 2.32. The van der Waals surface area contributed by atoms with Crippen LogP contribution in [0.2, 0.25) is 0 Å². The molecule has 4 nitrogen and oxygen atoms in total. The SMILES string of the molecule is C1=C2N(CS1)N=C1CNCCN21. The van der Waals surface area contributed by atoms with Gasteiger partial charge in [0.15, 0.2) is 0 Å². The van der Waals surface area contributed by atoms with Crippen LogP contribution in [-0.2, 0) is 0 Å². The van der Waals surface area contributed by atoms with Crippen LogP contribution in [0.3, 0.4) is 0 Å². The molecule has 0 saturated carbocycles. The molecule has 3 rings (SSSR count). The van der Waals surface area contributed by atoms with Gasteiger partial charge in [0.2, 0.25) is 0 Å². The van der Waals surface area contributed by atoms with Crippen molar-refractivity contribution in [3.8, 4) is 0 Å². The number of thioether (sulfide) groups is 1. The summed E-state index contributed by atoms with van der Waals surface area (Å²) in [5, 5.41) is 12.1. The fraction of sp³-hybridized carbons (Fsp3) is 0.571. The van der Waals surface area contributed by atoms with Crippen molar-refractivity contribution in [2.24, 2.45) is 5.10 Å². The predicted octanol–water partition coefficient (Wildman–Crippen LogP) is 0.0239. The molecule has 0 spiro atoms. The number of nitrogens with one attached hydrogen (secondary N) is 1. The van der Waals surface area contributed by atoms with Crippen molar-refractivity contribution in [1.82, 2.24) is 15.2 Å². The van der Waals surface area contributed by atoms with Crippen molar-refractivity contribution in [1.29, 1.82) is 0 Å². The smallest absolute Gasteiger partial charge is 0.145 e. The molecule has 12 heavy (non-hydrogen) atoms. The highest BCUT2D eigenvalue weighted by atomic mass is 32.2. The van der Waals surface area contributed by atoms with Gasteiger partial charge in [-0.05, 0) is 0 Å². The molecule has 0 aromatic rings. The molecule has 3 aliphatic rings. The highest BCUT2D eigenvalue weighted by molar-refractivity contribution is 8.02. The fourth-order valence-electron chi connectivity index (χ4n) is 1.68. The van der Waals surface area contributed by atoms with Gasteiger partial charge in [-0.3, -0.25) is 0 Å². The van der Waals surface area contributed by atoms with Crippen LogP contribution in [-0.4, -0.2) is 41.3 Å². The monoisotopic (exact) mass is 182 g/mol. The third-order valence-electron chi connectivity index (χ3n) is 2.27. The summed E-state index contributed by atoms with van der Waals surface area (Å²) in [6, 6.07) is 0. The summed E-state index contributed by atoms with van der Waals surface area (Å²) in [6.45, 7) is 3.04. The van der Waals surface area contributed by atoms with Gasteiger partial charge >= 0.3 is 0 Å². The minimum absolute atomic E-state index is 0.915. The number of amidine groups is 1. The largest absolute Gasteiger partial charge is 0.310 e. The molecule has 64 valence electrons. The first-order valence-electron chi connectivity index (χ1n) is 4.10. The van der Waals surface area contributed by atoms with E-state index in [1.165, 1.54) is 11.7 Å². The zero-order chi connectivity index (χ0) is 7.97. The minimum Gasteiger partial charge on any atom is -0.310 e. The average Bonchev–Trinajstić information content (AvgIpc) is 2.62. The molecule has 0 aromatic carbocycles. The topological polar surface area (TPSA) is 30.9 Å². The second kappa shape index (κ2) is 2.40. The second-order valence-corrected chi connectivity index (χ2v) is 3.84. The van der Waals surface area contributed by atoms with Crippen LogP contribution < -0.4 is 5.32 Å². The standard InChI is InChI=1S/C7H10N4S/c1-2-10-6(3-8-1)9-11-5-12-4-7(10)11/h4,8H,1-3,5H2. The zero-order valence-corrected chi connectivity index (χ0v) is 7.47. The Bertz CT molecular complexity index is 273. The summed E-state index contributed by atoms with van der Waals surface area (Å²) >= 11 is 1.82. The number of rotatable bonds is 0. The van der Waals surface area contributed by atoms with Crippen molar-refractivity contribution in [3.05, 3.63) is 11.2 Å². The molecule has 0 aromatic heterocycles. The van der Waals surface area contributed by atoms with Crippen molar-refractivity contribution < 1.29 is 0 Å². The second-order valence-electron chi connectivity index (χ2n) is 3.02. The van der Waals surface area contributed by atoms with Gasteiger partial charge in [0.1, 0.15) is 11.7 Å². The maximum Gasteiger partial charge on any atom is 0.145 e. The summed E-state index contributed by atoms with van der Waals surface area (Å²) in [4.78, 5) is 2.30. The lowest BCUT2D eigenvalue weighted by molar-refractivity contribution is 0.360. The molecule has 0 amide bonds. The van der Waals surface area contributed by atoms with E-state index in [4.69, 9.17) is 0 Å². The van der Waals surface area contributed by atoms with Gasteiger partial charge in [-0.2, -0.15) is 5.10 Å². The van der Waals surface area contributed by atoms with E-state index in [2.05, 4.69) is 25.7 Å². The van der Waals surface area contributed by atoms with Crippen LogP contribution in [0.25, 0.3) is 0 Å². The molecule has 0 unspecified atom stereocenters. The first-order chi connectivity index (χ1) is 5.95. The molecule has 0 aliphatic carbocycles. The van der Waals surface area contributed by atoms with Gasteiger partial charge in [-0.15, -0.1) is 11.8 Å². The average molecular weight is 182 g/mol. The van der Waals surface area contributed by atoms with Gasteiger partial charge in [0.05, 0.1) is 12.4 Å². The number of fused-ring (bicyclic) bond motifs is 3. The van der Waals surface area contributed by atoms with Gasteiger partial charge in [-0.25, -0.2) is 5.01 Å². The van der Waals surface area contributed by atoms with E-state index < -0.39 is 0 Å². The Balaban J connectivity index is 1.95. The van der Waals surface area contributed by atoms with E-state index in [9.17, 15) is 0 Å². The molecule has 3 aliphatic heterocycles. The predicted molar refractivity (Wildman–Crippen MR) is 49.4 cm³/mol. The molecule has 1 saturated heterocycles. The molecule has 1 N–H and O–H groups in total. The summed E-state index contributed by atoms with van der Waals surface area (Å²) in [7, 11) is 0. The number of piperazine rings is 1. The minimum atomic E-state index is 0.915. The summed E-state index contributed by atoms with van der Waals surface area (Å²) in [5.74, 6) is 3.43. The number of hydrogen-bond donors (Lipinski definition) is 1. The number of hydrazone groups is 1. The first kappa shape index (κ1) is 6.80. The number of hydrogen-bond acceptors (Lipinski definition) is 5.